The molecule has 3 heteroatoms. The van der Waals surface area contributed by atoms with Crippen LogP contribution in [0, 0.1) is 5.92 Å². The van der Waals surface area contributed by atoms with E-state index in [0.717, 1.165) is 5.84 Å². The number of unbranched alkanes of at least 4 members (excludes halogenated alkanes) is 6. The van der Waals surface area contributed by atoms with Crippen molar-refractivity contribution in [3.63, 3.8) is 0 Å². The minimum absolute atomic E-state index is 0.458. The second-order valence-electron chi connectivity index (χ2n) is 5.41. The predicted octanol–water partition coefficient (Wildman–Crippen LogP) is 5.30. The summed E-state index contributed by atoms with van der Waals surface area (Å²) in [6.07, 6.45) is 14.3. The lowest BCUT2D eigenvalue weighted by atomic mass is 9.93. The van der Waals surface area contributed by atoms with Gasteiger partial charge in [0, 0.05) is 13.0 Å². The van der Waals surface area contributed by atoms with E-state index in [2.05, 4.69) is 35.5 Å². The van der Waals surface area contributed by atoms with Crippen LogP contribution in [0.15, 0.2) is 15.0 Å². The molecule has 3 nitrogen and oxygen atoms in total. The molecule has 0 aliphatic heterocycles. The van der Waals surface area contributed by atoms with Crippen LogP contribution in [0.3, 0.4) is 0 Å². The van der Waals surface area contributed by atoms with Crippen molar-refractivity contribution in [1.82, 2.24) is 0 Å². The molecule has 0 atom stereocenters. The van der Waals surface area contributed by atoms with Crippen LogP contribution in [0.5, 0.6) is 0 Å². The zero-order chi connectivity index (χ0) is 15.1. The average molecular weight is 279 g/mol. The highest BCUT2D eigenvalue weighted by atomic mass is 14.9. The number of hydrogen-bond donors (Lipinski definition) is 0. The van der Waals surface area contributed by atoms with E-state index in [1.165, 1.54) is 64.2 Å². The third-order valence-electron chi connectivity index (χ3n) is 3.64. The Morgan fingerprint density at radius 3 is 1.90 bits per heavy atom. The van der Waals surface area contributed by atoms with Crippen LogP contribution in [0.4, 0.5) is 0 Å². The number of hydrogen-bond acceptors (Lipinski definition) is 1. The maximum atomic E-state index is 4.35. The van der Waals surface area contributed by atoms with Gasteiger partial charge in [0.2, 0.25) is 0 Å². The standard InChI is InChI=1S/C17H33N3/c1-5-7-9-11-13-16(14-12-10-8-6-2)17(19-4)20-15-18-3/h15-16H,4-14H2,1-3H3. The molecule has 0 spiro atoms. The van der Waals surface area contributed by atoms with Crippen LogP contribution in [0.2, 0.25) is 0 Å². The van der Waals surface area contributed by atoms with Crippen LogP contribution in [0.25, 0.3) is 0 Å². The first kappa shape index (κ1) is 19.0. The van der Waals surface area contributed by atoms with Gasteiger partial charge in [0.25, 0.3) is 0 Å². The SMILES string of the molecule is C=NC(=NC=NC)C(CCCCCC)CCCCCC. The number of amidine groups is 1. The highest BCUT2D eigenvalue weighted by molar-refractivity contribution is 5.93. The molecule has 0 unspecified atom stereocenters. The zero-order valence-electron chi connectivity index (χ0n) is 13.8. The highest BCUT2D eigenvalue weighted by Crippen LogP contribution is 2.20. The first-order valence-electron chi connectivity index (χ1n) is 8.25. The van der Waals surface area contributed by atoms with E-state index >= 15 is 0 Å². The largest absolute Gasteiger partial charge is 0.277 e. The van der Waals surface area contributed by atoms with Gasteiger partial charge >= 0.3 is 0 Å². The summed E-state index contributed by atoms with van der Waals surface area (Å²) in [4.78, 5) is 12.4. The zero-order valence-corrected chi connectivity index (χ0v) is 13.8. The van der Waals surface area contributed by atoms with Gasteiger partial charge in [-0.2, -0.15) is 0 Å². The van der Waals surface area contributed by atoms with E-state index in [-0.39, 0.29) is 0 Å². The Hall–Kier alpha value is -0.990. The predicted molar refractivity (Wildman–Crippen MR) is 92.4 cm³/mol. The Balaban J connectivity index is 4.37. The maximum absolute atomic E-state index is 4.35. The Morgan fingerprint density at radius 1 is 0.950 bits per heavy atom. The molecule has 0 rings (SSSR count). The van der Waals surface area contributed by atoms with Crippen molar-refractivity contribution in [1.29, 1.82) is 0 Å². The molecule has 0 amide bonds. The molecule has 116 valence electrons. The molecular weight excluding hydrogens is 246 g/mol. The number of nitrogens with zero attached hydrogens (tertiary/aromatic N) is 3. The van der Waals surface area contributed by atoms with Crippen molar-refractivity contribution in [2.75, 3.05) is 7.05 Å². The fourth-order valence-corrected chi connectivity index (χ4v) is 2.43. The fourth-order valence-electron chi connectivity index (χ4n) is 2.43. The molecule has 0 N–H and O–H groups in total. The normalized spacial score (nSPS) is 12.5. The van der Waals surface area contributed by atoms with E-state index < -0.39 is 0 Å². The van der Waals surface area contributed by atoms with Crippen molar-refractivity contribution in [3.8, 4) is 0 Å². The molecular formula is C17H33N3. The highest BCUT2D eigenvalue weighted by Gasteiger charge is 2.14. The summed E-state index contributed by atoms with van der Waals surface area (Å²) in [6.45, 7) is 8.18. The first-order chi connectivity index (χ1) is 9.79. The minimum Gasteiger partial charge on any atom is -0.277 e. The van der Waals surface area contributed by atoms with E-state index in [0.29, 0.717) is 5.92 Å². The molecule has 0 aromatic heterocycles. The van der Waals surface area contributed by atoms with Crippen molar-refractivity contribution >= 4 is 18.9 Å². The molecule has 0 aliphatic rings. The van der Waals surface area contributed by atoms with E-state index in [1.54, 1.807) is 13.4 Å². The average Bonchev–Trinajstić information content (AvgIpc) is 2.47. The Bertz CT molecular complexity index is 270. The number of rotatable bonds is 12. The van der Waals surface area contributed by atoms with Gasteiger partial charge in [-0.25, -0.2) is 9.98 Å². The van der Waals surface area contributed by atoms with Crippen LogP contribution < -0.4 is 0 Å². The van der Waals surface area contributed by atoms with Gasteiger partial charge in [-0.05, 0) is 19.6 Å². The lowest BCUT2D eigenvalue weighted by Crippen LogP contribution is -2.13. The molecule has 0 bridgehead atoms. The van der Waals surface area contributed by atoms with Crippen LogP contribution in [0.1, 0.15) is 78.1 Å². The van der Waals surface area contributed by atoms with Crippen LogP contribution in [-0.4, -0.2) is 25.9 Å². The van der Waals surface area contributed by atoms with Gasteiger partial charge in [-0.1, -0.05) is 65.2 Å². The van der Waals surface area contributed by atoms with Gasteiger partial charge in [0.1, 0.15) is 12.2 Å². The van der Waals surface area contributed by atoms with Gasteiger partial charge in [0.05, 0.1) is 0 Å². The van der Waals surface area contributed by atoms with Crippen molar-refractivity contribution < 1.29 is 0 Å². The summed E-state index contributed by atoms with van der Waals surface area (Å²) in [7, 11) is 1.74. The monoisotopic (exact) mass is 279 g/mol. The fraction of sp³-hybridized carbons (Fsp3) is 0.824. The van der Waals surface area contributed by atoms with E-state index in [9.17, 15) is 0 Å². The molecule has 0 saturated heterocycles. The molecule has 0 heterocycles. The first-order valence-corrected chi connectivity index (χ1v) is 8.25. The lowest BCUT2D eigenvalue weighted by Gasteiger charge is -2.16. The van der Waals surface area contributed by atoms with Crippen molar-refractivity contribution in [2.45, 2.75) is 78.1 Å². The summed E-state index contributed by atoms with van der Waals surface area (Å²) < 4.78 is 0. The van der Waals surface area contributed by atoms with Gasteiger partial charge in [0.15, 0.2) is 0 Å². The molecule has 0 aromatic rings. The second-order valence-corrected chi connectivity index (χ2v) is 5.41. The minimum atomic E-state index is 0.458. The number of aliphatic imine (C=N–C) groups is 3. The van der Waals surface area contributed by atoms with Crippen LogP contribution >= 0.6 is 0 Å². The summed E-state index contributed by atoms with van der Waals surface area (Å²) in [5, 5.41) is 0. The smallest absolute Gasteiger partial charge is 0.132 e. The summed E-state index contributed by atoms with van der Waals surface area (Å²) in [6, 6.07) is 0. The van der Waals surface area contributed by atoms with Crippen molar-refractivity contribution in [3.05, 3.63) is 0 Å². The quantitative estimate of drug-likeness (QED) is 0.264. The molecule has 0 aliphatic carbocycles. The third kappa shape index (κ3) is 9.88. The van der Waals surface area contributed by atoms with Crippen LogP contribution in [-0.2, 0) is 0 Å². The van der Waals surface area contributed by atoms with Gasteiger partial charge < -0.3 is 0 Å². The third-order valence-corrected chi connectivity index (χ3v) is 3.64. The summed E-state index contributed by atoms with van der Waals surface area (Å²) in [5.74, 6) is 1.34. The van der Waals surface area contributed by atoms with Gasteiger partial charge in [-0.15, -0.1) is 0 Å². The molecule has 0 radical (unpaired) electrons. The Labute approximate surface area is 125 Å². The van der Waals surface area contributed by atoms with Crippen molar-refractivity contribution in [2.24, 2.45) is 20.9 Å². The second kappa shape index (κ2) is 14.4. The topological polar surface area (TPSA) is 37.1 Å². The summed E-state index contributed by atoms with van der Waals surface area (Å²) in [5.41, 5.74) is 0. The lowest BCUT2D eigenvalue weighted by molar-refractivity contribution is 0.492. The Kier molecular flexibility index (Phi) is 13.7. The Morgan fingerprint density at radius 2 is 1.50 bits per heavy atom. The maximum Gasteiger partial charge on any atom is 0.132 e. The molecule has 0 aromatic carbocycles. The summed E-state index contributed by atoms with van der Waals surface area (Å²) >= 11 is 0. The molecule has 20 heavy (non-hydrogen) atoms. The van der Waals surface area contributed by atoms with Gasteiger partial charge in [-0.3, -0.25) is 4.99 Å². The van der Waals surface area contributed by atoms with E-state index in [4.69, 9.17) is 0 Å². The molecule has 0 fully saturated rings. The molecule has 0 saturated carbocycles. The van der Waals surface area contributed by atoms with E-state index in [1.807, 2.05) is 0 Å².